The van der Waals surface area contributed by atoms with Crippen LogP contribution in [0, 0.1) is 5.92 Å². The Morgan fingerprint density at radius 1 is 1.38 bits per heavy atom. The first-order valence-corrected chi connectivity index (χ1v) is 4.10. The van der Waals surface area contributed by atoms with E-state index in [1.54, 1.807) is 13.0 Å². The average Bonchev–Trinajstić information content (AvgIpc) is 2.11. The maximum Gasteiger partial charge on any atom is 0.123 e. The van der Waals surface area contributed by atoms with Crippen LogP contribution in [0.15, 0.2) is 18.2 Å². The molecule has 70 valence electrons. The van der Waals surface area contributed by atoms with E-state index < -0.39 is 0 Å². The second-order valence-corrected chi connectivity index (χ2v) is 3.09. The van der Waals surface area contributed by atoms with Crippen LogP contribution in [0.5, 0.6) is 11.5 Å². The summed E-state index contributed by atoms with van der Waals surface area (Å²) in [5, 5.41) is 18.7. The van der Waals surface area contributed by atoms with Gasteiger partial charge in [0.05, 0.1) is 0 Å². The number of benzene rings is 1. The van der Waals surface area contributed by atoms with Crippen molar-refractivity contribution in [3.63, 3.8) is 0 Å². The van der Waals surface area contributed by atoms with Crippen LogP contribution in [-0.4, -0.2) is 16.5 Å². The molecule has 0 aliphatic heterocycles. The molecule has 1 aromatic carbocycles. The lowest BCUT2D eigenvalue weighted by Crippen LogP contribution is -2.00. The molecule has 0 fully saturated rings. The van der Waals surface area contributed by atoms with Crippen LogP contribution in [0.4, 0.5) is 0 Å². The number of rotatable bonds is 3. The molecule has 3 heteroatoms. The molecule has 0 saturated carbocycles. The van der Waals surface area contributed by atoms with Gasteiger partial charge in [0.15, 0.2) is 0 Å². The van der Waals surface area contributed by atoms with Crippen molar-refractivity contribution >= 4 is 6.29 Å². The van der Waals surface area contributed by atoms with Crippen molar-refractivity contribution < 1.29 is 15.0 Å². The molecule has 0 aliphatic rings. The molecule has 1 aromatic rings. The number of aldehydes is 1. The molecule has 0 bridgehead atoms. The largest absolute Gasteiger partial charge is 0.508 e. The van der Waals surface area contributed by atoms with E-state index in [4.69, 9.17) is 0 Å². The van der Waals surface area contributed by atoms with Gasteiger partial charge < -0.3 is 15.0 Å². The topological polar surface area (TPSA) is 57.5 Å². The third-order valence-electron chi connectivity index (χ3n) is 1.88. The summed E-state index contributed by atoms with van der Waals surface area (Å²) in [4.78, 5) is 10.4. The smallest absolute Gasteiger partial charge is 0.123 e. The van der Waals surface area contributed by atoms with Gasteiger partial charge in [-0.25, -0.2) is 0 Å². The van der Waals surface area contributed by atoms with Crippen molar-refractivity contribution in [2.45, 2.75) is 13.3 Å². The van der Waals surface area contributed by atoms with E-state index in [0.717, 1.165) is 6.29 Å². The van der Waals surface area contributed by atoms with Crippen molar-refractivity contribution in [2.24, 2.45) is 5.92 Å². The fourth-order valence-corrected chi connectivity index (χ4v) is 1.14. The minimum absolute atomic E-state index is 0.0358. The Morgan fingerprint density at radius 3 is 2.38 bits per heavy atom. The van der Waals surface area contributed by atoms with Crippen LogP contribution in [-0.2, 0) is 11.2 Å². The zero-order valence-corrected chi connectivity index (χ0v) is 7.40. The fourth-order valence-electron chi connectivity index (χ4n) is 1.14. The molecule has 13 heavy (non-hydrogen) atoms. The first kappa shape index (κ1) is 9.58. The third kappa shape index (κ3) is 2.21. The van der Waals surface area contributed by atoms with Crippen LogP contribution < -0.4 is 0 Å². The van der Waals surface area contributed by atoms with E-state index in [2.05, 4.69) is 0 Å². The molecule has 1 atom stereocenters. The number of phenols is 2. The van der Waals surface area contributed by atoms with Gasteiger partial charge in [0.2, 0.25) is 0 Å². The van der Waals surface area contributed by atoms with Crippen LogP contribution in [0.25, 0.3) is 0 Å². The summed E-state index contributed by atoms with van der Waals surface area (Å²) in [6, 6.07) is 4.54. The molecule has 2 N–H and O–H groups in total. The van der Waals surface area contributed by atoms with E-state index in [9.17, 15) is 15.0 Å². The summed E-state index contributed by atoms with van der Waals surface area (Å²) in [7, 11) is 0. The summed E-state index contributed by atoms with van der Waals surface area (Å²) in [6.45, 7) is 1.74. The quantitative estimate of drug-likeness (QED) is 0.692. The highest BCUT2D eigenvalue weighted by Gasteiger charge is 2.10. The van der Waals surface area contributed by atoms with E-state index >= 15 is 0 Å². The molecule has 0 saturated heterocycles. The highest BCUT2D eigenvalue weighted by Crippen LogP contribution is 2.28. The summed E-state index contributed by atoms with van der Waals surface area (Å²) < 4.78 is 0. The summed E-state index contributed by atoms with van der Waals surface area (Å²) >= 11 is 0. The number of carbonyl (C=O) groups is 1. The normalized spacial score (nSPS) is 12.4. The van der Waals surface area contributed by atoms with Crippen molar-refractivity contribution in [2.75, 3.05) is 0 Å². The maximum atomic E-state index is 10.4. The van der Waals surface area contributed by atoms with Gasteiger partial charge in [0.25, 0.3) is 0 Å². The van der Waals surface area contributed by atoms with E-state index in [-0.39, 0.29) is 17.4 Å². The molecule has 0 aliphatic carbocycles. The van der Waals surface area contributed by atoms with Crippen LogP contribution in [0.1, 0.15) is 12.5 Å². The van der Waals surface area contributed by atoms with Gasteiger partial charge in [0, 0.05) is 11.5 Å². The molecule has 0 heterocycles. The molecule has 0 amide bonds. The Labute approximate surface area is 76.6 Å². The predicted octanol–water partition coefficient (Wildman–Crippen LogP) is 1.48. The average molecular weight is 180 g/mol. The van der Waals surface area contributed by atoms with Gasteiger partial charge in [-0.05, 0) is 18.6 Å². The van der Waals surface area contributed by atoms with Crippen molar-refractivity contribution in [3.05, 3.63) is 23.8 Å². The monoisotopic (exact) mass is 180 g/mol. The van der Waals surface area contributed by atoms with Gasteiger partial charge in [-0.2, -0.15) is 0 Å². The fraction of sp³-hybridized carbons (Fsp3) is 0.300. The Hall–Kier alpha value is -1.51. The lowest BCUT2D eigenvalue weighted by molar-refractivity contribution is -0.110. The lowest BCUT2D eigenvalue weighted by atomic mass is 10.0. The molecule has 1 rings (SSSR count). The summed E-state index contributed by atoms with van der Waals surface area (Å²) in [5.74, 6) is -0.124. The zero-order chi connectivity index (χ0) is 9.84. The SMILES string of the molecule is CC(C=O)Cc1c(O)cccc1O. The molecule has 3 nitrogen and oxygen atoms in total. The highest BCUT2D eigenvalue weighted by molar-refractivity contribution is 5.55. The lowest BCUT2D eigenvalue weighted by Gasteiger charge is -2.07. The number of hydrogen-bond donors (Lipinski definition) is 2. The maximum absolute atomic E-state index is 10.4. The van der Waals surface area contributed by atoms with Gasteiger partial charge in [-0.3, -0.25) is 0 Å². The highest BCUT2D eigenvalue weighted by atomic mass is 16.3. The Morgan fingerprint density at radius 2 is 1.92 bits per heavy atom. The second-order valence-electron chi connectivity index (χ2n) is 3.09. The van der Waals surface area contributed by atoms with Crippen molar-refractivity contribution in [1.29, 1.82) is 0 Å². The van der Waals surface area contributed by atoms with Crippen molar-refractivity contribution in [1.82, 2.24) is 0 Å². The molecular formula is C10H12O3. The third-order valence-corrected chi connectivity index (χ3v) is 1.88. The predicted molar refractivity (Wildman–Crippen MR) is 48.7 cm³/mol. The Balaban J connectivity index is 2.93. The number of hydrogen-bond acceptors (Lipinski definition) is 3. The van der Waals surface area contributed by atoms with Crippen LogP contribution in [0.3, 0.4) is 0 Å². The molecule has 0 aromatic heterocycles. The standard InChI is InChI=1S/C10H12O3/c1-7(6-11)5-8-9(12)3-2-4-10(8)13/h2-4,6-7,12-13H,5H2,1H3. The summed E-state index contributed by atoms with van der Waals surface area (Å²) in [5.41, 5.74) is 0.433. The van der Waals surface area contributed by atoms with Gasteiger partial charge in [-0.15, -0.1) is 0 Å². The number of aromatic hydroxyl groups is 2. The second kappa shape index (κ2) is 3.94. The van der Waals surface area contributed by atoms with E-state index in [1.165, 1.54) is 12.1 Å². The molecule has 1 unspecified atom stereocenters. The minimum Gasteiger partial charge on any atom is -0.508 e. The first-order valence-electron chi connectivity index (χ1n) is 4.10. The molecule has 0 spiro atoms. The number of carbonyl (C=O) groups excluding carboxylic acids is 1. The van der Waals surface area contributed by atoms with Crippen LogP contribution >= 0.6 is 0 Å². The molecular weight excluding hydrogens is 168 g/mol. The number of phenolic OH excluding ortho intramolecular Hbond substituents is 2. The Bertz CT molecular complexity index is 287. The zero-order valence-electron chi connectivity index (χ0n) is 7.40. The van der Waals surface area contributed by atoms with E-state index in [1.807, 2.05) is 0 Å². The Kier molecular flexibility index (Phi) is 2.90. The van der Waals surface area contributed by atoms with Gasteiger partial charge in [-0.1, -0.05) is 13.0 Å². The van der Waals surface area contributed by atoms with Gasteiger partial charge >= 0.3 is 0 Å². The van der Waals surface area contributed by atoms with Crippen LogP contribution in [0.2, 0.25) is 0 Å². The van der Waals surface area contributed by atoms with Gasteiger partial charge in [0.1, 0.15) is 17.8 Å². The summed E-state index contributed by atoms with van der Waals surface area (Å²) in [6.07, 6.45) is 1.16. The first-order chi connectivity index (χ1) is 6.15. The molecule has 0 radical (unpaired) electrons. The van der Waals surface area contributed by atoms with E-state index in [0.29, 0.717) is 12.0 Å². The van der Waals surface area contributed by atoms with Crippen molar-refractivity contribution in [3.8, 4) is 11.5 Å². The minimum atomic E-state index is -0.195.